The summed E-state index contributed by atoms with van der Waals surface area (Å²) in [7, 11) is 1.96. The van der Waals surface area contributed by atoms with Crippen LogP contribution < -0.4 is 5.32 Å². The number of thiazole rings is 1. The maximum Gasteiger partial charge on any atom is 0.105 e. The highest BCUT2D eigenvalue weighted by molar-refractivity contribution is 7.12. The van der Waals surface area contributed by atoms with E-state index in [2.05, 4.69) is 22.2 Å². The van der Waals surface area contributed by atoms with Crippen LogP contribution in [0.15, 0.2) is 24.4 Å². The molecule has 0 fully saturated rings. The summed E-state index contributed by atoms with van der Waals surface area (Å²) < 4.78 is 0. The molecule has 0 amide bonds. The third kappa shape index (κ3) is 2.13. The highest BCUT2D eigenvalue weighted by Crippen LogP contribution is 2.31. The highest BCUT2D eigenvalue weighted by atomic mass is 32.1. The second kappa shape index (κ2) is 4.72. The minimum atomic E-state index is 0.309. The quantitative estimate of drug-likeness (QED) is 0.885. The molecule has 3 nitrogen and oxygen atoms in total. The maximum atomic E-state index is 4.57. The lowest BCUT2D eigenvalue weighted by Gasteiger charge is -2.09. The second-order valence-electron chi connectivity index (χ2n) is 3.67. The zero-order valence-electron chi connectivity index (χ0n) is 9.69. The normalized spacial score (nSPS) is 12.7. The Morgan fingerprint density at radius 2 is 2.19 bits per heavy atom. The molecule has 2 aromatic rings. The van der Waals surface area contributed by atoms with Gasteiger partial charge in [-0.15, -0.1) is 11.3 Å². The molecular formula is C12H15N3S. The minimum Gasteiger partial charge on any atom is -0.312 e. The van der Waals surface area contributed by atoms with Crippen LogP contribution in [0.4, 0.5) is 0 Å². The summed E-state index contributed by atoms with van der Waals surface area (Å²) in [5.74, 6) is 0. The molecule has 1 atom stereocenters. The smallest absolute Gasteiger partial charge is 0.105 e. The molecule has 4 heteroatoms. The summed E-state index contributed by atoms with van der Waals surface area (Å²) in [6.45, 7) is 4.17. The Hall–Kier alpha value is -1.26. The van der Waals surface area contributed by atoms with Crippen molar-refractivity contribution in [2.24, 2.45) is 0 Å². The van der Waals surface area contributed by atoms with Gasteiger partial charge in [0.05, 0.1) is 15.6 Å². The van der Waals surface area contributed by atoms with Gasteiger partial charge in [-0.3, -0.25) is 4.98 Å². The molecule has 0 aliphatic carbocycles. The predicted molar refractivity (Wildman–Crippen MR) is 67.6 cm³/mol. The van der Waals surface area contributed by atoms with Crippen LogP contribution in [-0.2, 0) is 0 Å². The van der Waals surface area contributed by atoms with E-state index in [1.54, 1.807) is 17.5 Å². The molecule has 0 saturated heterocycles. The number of hydrogen-bond acceptors (Lipinski definition) is 4. The number of aromatic nitrogens is 2. The van der Waals surface area contributed by atoms with Crippen molar-refractivity contribution < 1.29 is 0 Å². The number of nitrogens with one attached hydrogen (secondary N) is 1. The third-order valence-electron chi connectivity index (χ3n) is 2.49. The van der Waals surface area contributed by atoms with Crippen molar-refractivity contribution in [3.05, 3.63) is 34.3 Å². The standard InChI is InChI=1S/C12H15N3S/c1-8(13-3)12-11(15-9(2)16-12)10-6-4-5-7-14-10/h4-8,13H,1-3H3. The molecule has 0 aromatic carbocycles. The molecule has 2 rings (SSSR count). The van der Waals surface area contributed by atoms with Crippen LogP contribution in [0.1, 0.15) is 22.9 Å². The van der Waals surface area contributed by atoms with E-state index in [0.29, 0.717) is 6.04 Å². The second-order valence-corrected chi connectivity index (χ2v) is 4.91. The molecule has 2 heterocycles. The summed E-state index contributed by atoms with van der Waals surface area (Å²) in [6.07, 6.45) is 1.80. The van der Waals surface area contributed by atoms with Crippen LogP contribution in [0.25, 0.3) is 11.4 Å². The number of nitrogens with zero attached hydrogens (tertiary/aromatic N) is 2. The molecule has 0 saturated carbocycles. The van der Waals surface area contributed by atoms with Gasteiger partial charge in [0.2, 0.25) is 0 Å². The largest absolute Gasteiger partial charge is 0.312 e. The first-order valence-corrected chi connectivity index (χ1v) is 6.10. The summed E-state index contributed by atoms with van der Waals surface area (Å²) in [6, 6.07) is 6.22. The fraction of sp³-hybridized carbons (Fsp3) is 0.333. The van der Waals surface area contributed by atoms with E-state index in [9.17, 15) is 0 Å². The monoisotopic (exact) mass is 233 g/mol. The van der Waals surface area contributed by atoms with Gasteiger partial charge >= 0.3 is 0 Å². The zero-order valence-corrected chi connectivity index (χ0v) is 10.5. The van der Waals surface area contributed by atoms with Gasteiger partial charge in [-0.25, -0.2) is 4.98 Å². The Labute approximate surface area is 99.6 Å². The van der Waals surface area contributed by atoms with E-state index in [1.165, 1.54) is 4.88 Å². The number of rotatable bonds is 3. The molecule has 0 radical (unpaired) electrons. The van der Waals surface area contributed by atoms with E-state index in [0.717, 1.165) is 16.4 Å². The van der Waals surface area contributed by atoms with Crippen LogP contribution in [0.5, 0.6) is 0 Å². The van der Waals surface area contributed by atoms with Crippen molar-refractivity contribution in [3.8, 4) is 11.4 Å². The number of hydrogen-bond donors (Lipinski definition) is 1. The average molecular weight is 233 g/mol. The highest BCUT2D eigenvalue weighted by Gasteiger charge is 2.16. The van der Waals surface area contributed by atoms with Gasteiger partial charge in [0, 0.05) is 12.2 Å². The fourth-order valence-corrected chi connectivity index (χ4v) is 2.55. The van der Waals surface area contributed by atoms with Crippen molar-refractivity contribution in [1.82, 2.24) is 15.3 Å². The van der Waals surface area contributed by atoms with Crippen LogP contribution >= 0.6 is 11.3 Å². The molecule has 84 valence electrons. The van der Waals surface area contributed by atoms with Crippen molar-refractivity contribution >= 4 is 11.3 Å². The first-order chi connectivity index (χ1) is 7.72. The molecule has 0 aliphatic rings. The van der Waals surface area contributed by atoms with Gasteiger partial charge in [0.1, 0.15) is 5.69 Å². The van der Waals surface area contributed by atoms with Crippen LogP contribution in [-0.4, -0.2) is 17.0 Å². The lowest BCUT2D eigenvalue weighted by molar-refractivity contribution is 0.664. The van der Waals surface area contributed by atoms with Crippen LogP contribution in [0, 0.1) is 6.92 Å². The van der Waals surface area contributed by atoms with Crippen molar-refractivity contribution in [2.45, 2.75) is 19.9 Å². The summed E-state index contributed by atoms with van der Waals surface area (Å²) >= 11 is 1.73. The Morgan fingerprint density at radius 3 is 2.81 bits per heavy atom. The summed E-state index contributed by atoms with van der Waals surface area (Å²) in [4.78, 5) is 10.2. The molecule has 0 spiro atoms. The molecule has 2 aromatic heterocycles. The van der Waals surface area contributed by atoms with E-state index in [4.69, 9.17) is 0 Å². The predicted octanol–water partition coefficient (Wildman–Crippen LogP) is 2.79. The van der Waals surface area contributed by atoms with Gasteiger partial charge in [-0.1, -0.05) is 6.07 Å². The molecule has 1 N–H and O–H groups in total. The van der Waals surface area contributed by atoms with Gasteiger partial charge in [0.25, 0.3) is 0 Å². The number of pyridine rings is 1. The van der Waals surface area contributed by atoms with Crippen molar-refractivity contribution in [1.29, 1.82) is 0 Å². The molecule has 16 heavy (non-hydrogen) atoms. The topological polar surface area (TPSA) is 37.8 Å². The number of aryl methyl sites for hydroxylation is 1. The Morgan fingerprint density at radius 1 is 1.38 bits per heavy atom. The van der Waals surface area contributed by atoms with E-state index >= 15 is 0 Å². The van der Waals surface area contributed by atoms with Crippen LogP contribution in [0.2, 0.25) is 0 Å². The SMILES string of the molecule is CNC(C)c1sc(C)nc1-c1ccccn1. The maximum absolute atomic E-state index is 4.57. The van der Waals surface area contributed by atoms with Crippen molar-refractivity contribution in [2.75, 3.05) is 7.05 Å². The first-order valence-electron chi connectivity index (χ1n) is 5.28. The van der Waals surface area contributed by atoms with Gasteiger partial charge in [0.15, 0.2) is 0 Å². The van der Waals surface area contributed by atoms with E-state index in [1.807, 2.05) is 32.2 Å². The fourth-order valence-electron chi connectivity index (χ4n) is 1.55. The molecule has 0 bridgehead atoms. The Balaban J connectivity index is 2.48. The zero-order chi connectivity index (χ0) is 11.5. The summed E-state index contributed by atoms with van der Waals surface area (Å²) in [5.41, 5.74) is 1.95. The third-order valence-corrected chi connectivity index (χ3v) is 3.65. The molecule has 0 aliphatic heterocycles. The average Bonchev–Trinajstić information content (AvgIpc) is 2.71. The minimum absolute atomic E-state index is 0.309. The van der Waals surface area contributed by atoms with Gasteiger partial charge in [-0.05, 0) is 33.0 Å². The summed E-state index contributed by atoms with van der Waals surface area (Å²) in [5, 5.41) is 4.33. The first kappa shape index (κ1) is 11.2. The van der Waals surface area contributed by atoms with Crippen molar-refractivity contribution in [3.63, 3.8) is 0 Å². The molecular weight excluding hydrogens is 218 g/mol. The van der Waals surface area contributed by atoms with Gasteiger partial charge in [-0.2, -0.15) is 0 Å². The lowest BCUT2D eigenvalue weighted by Crippen LogP contribution is -2.11. The van der Waals surface area contributed by atoms with E-state index in [-0.39, 0.29) is 0 Å². The Bertz CT molecular complexity index is 464. The lowest BCUT2D eigenvalue weighted by atomic mass is 10.2. The van der Waals surface area contributed by atoms with E-state index < -0.39 is 0 Å². The Kier molecular flexibility index (Phi) is 3.31. The van der Waals surface area contributed by atoms with Gasteiger partial charge < -0.3 is 5.32 Å². The van der Waals surface area contributed by atoms with Crippen LogP contribution in [0.3, 0.4) is 0 Å². The molecule has 1 unspecified atom stereocenters.